The third kappa shape index (κ3) is 2.58. The summed E-state index contributed by atoms with van der Waals surface area (Å²) < 4.78 is 9.97. The Labute approximate surface area is 107 Å². The smallest absolute Gasteiger partial charge is 0.335 e. The van der Waals surface area contributed by atoms with Crippen molar-refractivity contribution >= 4 is 5.97 Å². The molecule has 0 aromatic heterocycles. The van der Waals surface area contributed by atoms with Gasteiger partial charge in [0.25, 0.3) is 0 Å². The summed E-state index contributed by atoms with van der Waals surface area (Å²) in [4.78, 5) is 10.8. The Hall–Kier alpha value is -0.810. The number of aliphatic hydroxyl groups is 5. The van der Waals surface area contributed by atoms with E-state index in [2.05, 4.69) is 0 Å². The standard InChI is InChI=1S/C10H16O9/c11-1-2-3(12)7(2)18-10-6(15)4(13)5(14)8(19-10)9(16)17/h2-8,10-15H,1H2,(H,16,17). The van der Waals surface area contributed by atoms with Crippen molar-refractivity contribution in [3.05, 3.63) is 0 Å². The number of hydrogen-bond acceptors (Lipinski definition) is 8. The minimum atomic E-state index is -1.79. The van der Waals surface area contributed by atoms with Crippen LogP contribution in [0.2, 0.25) is 0 Å². The second-order valence-corrected chi connectivity index (χ2v) is 4.67. The van der Waals surface area contributed by atoms with E-state index in [0.29, 0.717) is 0 Å². The molecule has 8 unspecified atom stereocenters. The molecule has 0 aromatic rings. The molecule has 1 saturated heterocycles. The number of aliphatic hydroxyl groups excluding tert-OH is 5. The van der Waals surface area contributed by atoms with Gasteiger partial charge < -0.3 is 40.1 Å². The van der Waals surface area contributed by atoms with Crippen LogP contribution in [-0.2, 0) is 14.3 Å². The quantitative estimate of drug-likeness (QED) is 0.304. The van der Waals surface area contributed by atoms with Gasteiger partial charge in [0, 0.05) is 5.92 Å². The highest BCUT2D eigenvalue weighted by atomic mass is 16.7. The van der Waals surface area contributed by atoms with Crippen LogP contribution in [0.5, 0.6) is 0 Å². The molecule has 1 aliphatic carbocycles. The first-order valence-corrected chi connectivity index (χ1v) is 5.75. The molecule has 2 rings (SSSR count). The number of hydrogen-bond donors (Lipinski definition) is 6. The summed E-state index contributed by atoms with van der Waals surface area (Å²) in [5.41, 5.74) is 0. The van der Waals surface area contributed by atoms with Gasteiger partial charge in [0.2, 0.25) is 0 Å². The molecule has 8 atom stereocenters. The van der Waals surface area contributed by atoms with Gasteiger partial charge in [0.05, 0.1) is 18.8 Å². The van der Waals surface area contributed by atoms with Crippen LogP contribution < -0.4 is 0 Å². The van der Waals surface area contributed by atoms with Crippen LogP contribution in [0.4, 0.5) is 0 Å². The number of carbonyl (C=O) groups is 1. The van der Waals surface area contributed by atoms with Crippen molar-refractivity contribution in [3.63, 3.8) is 0 Å². The van der Waals surface area contributed by atoms with Crippen LogP contribution in [0.3, 0.4) is 0 Å². The van der Waals surface area contributed by atoms with Crippen LogP contribution in [-0.4, -0.2) is 86.1 Å². The SMILES string of the molecule is O=C(O)C1OC(OC2C(O)C2CO)C(O)C(O)C1O. The fraction of sp³-hybridized carbons (Fsp3) is 0.900. The highest BCUT2D eigenvalue weighted by molar-refractivity contribution is 5.73. The number of carboxylic acids is 1. The van der Waals surface area contributed by atoms with E-state index in [1.165, 1.54) is 0 Å². The van der Waals surface area contributed by atoms with E-state index in [4.69, 9.17) is 19.7 Å². The zero-order chi connectivity index (χ0) is 14.3. The molecule has 19 heavy (non-hydrogen) atoms. The Morgan fingerprint density at radius 3 is 2.16 bits per heavy atom. The van der Waals surface area contributed by atoms with Crippen molar-refractivity contribution in [1.29, 1.82) is 0 Å². The van der Waals surface area contributed by atoms with Gasteiger partial charge in [-0.2, -0.15) is 0 Å². The van der Waals surface area contributed by atoms with Gasteiger partial charge in [-0.3, -0.25) is 0 Å². The van der Waals surface area contributed by atoms with Crippen molar-refractivity contribution in [2.75, 3.05) is 6.61 Å². The summed E-state index contributed by atoms with van der Waals surface area (Å²) in [6.45, 7) is -0.331. The van der Waals surface area contributed by atoms with Crippen molar-refractivity contribution in [1.82, 2.24) is 0 Å². The molecule has 9 nitrogen and oxygen atoms in total. The van der Waals surface area contributed by atoms with E-state index in [0.717, 1.165) is 0 Å². The monoisotopic (exact) mass is 280 g/mol. The van der Waals surface area contributed by atoms with E-state index in [1.807, 2.05) is 0 Å². The lowest BCUT2D eigenvalue weighted by molar-refractivity contribution is -0.299. The summed E-state index contributed by atoms with van der Waals surface area (Å²) >= 11 is 0. The molecule has 9 heteroatoms. The molecule has 1 saturated carbocycles. The molecule has 0 spiro atoms. The average Bonchev–Trinajstić information content (AvgIpc) is 2.98. The van der Waals surface area contributed by atoms with E-state index < -0.39 is 54.8 Å². The van der Waals surface area contributed by atoms with Crippen molar-refractivity contribution in [3.8, 4) is 0 Å². The topological polar surface area (TPSA) is 157 Å². The molecule has 0 bridgehead atoms. The van der Waals surface area contributed by atoms with E-state index in [9.17, 15) is 25.2 Å². The van der Waals surface area contributed by atoms with Crippen LogP contribution >= 0.6 is 0 Å². The highest BCUT2D eigenvalue weighted by Crippen LogP contribution is 2.36. The highest BCUT2D eigenvalue weighted by Gasteiger charge is 2.55. The molecule has 2 aliphatic rings. The zero-order valence-corrected chi connectivity index (χ0v) is 9.73. The molecular formula is C10H16O9. The van der Waals surface area contributed by atoms with Gasteiger partial charge in [-0.1, -0.05) is 0 Å². The summed E-state index contributed by atoms with van der Waals surface area (Å²) in [5, 5.41) is 55.6. The fourth-order valence-corrected chi connectivity index (χ4v) is 2.04. The number of rotatable bonds is 4. The second-order valence-electron chi connectivity index (χ2n) is 4.67. The molecule has 1 heterocycles. The van der Waals surface area contributed by atoms with Gasteiger partial charge in [-0.25, -0.2) is 4.79 Å². The summed E-state index contributed by atoms with van der Waals surface area (Å²) in [5.74, 6) is -2.05. The van der Waals surface area contributed by atoms with Crippen molar-refractivity contribution in [2.45, 2.75) is 42.9 Å². The van der Waals surface area contributed by atoms with Gasteiger partial charge >= 0.3 is 5.97 Å². The Kier molecular flexibility index (Phi) is 4.06. The number of carboxylic acid groups (broad SMARTS) is 1. The lowest BCUT2D eigenvalue weighted by Gasteiger charge is -2.38. The maximum Gasteiger partial charge on any atom is 0.335 e. The Bertz CT molecular complexity index is 348. The molecule has 6 N–H and O–H groups in total. The maximum atomic E-state index is 10.8. The van der Waals surface area contributed by atoms with Crippen LogP contribution in [0.1, 0.15) is 0 Å². The number of ether oxygens (including phenoxy) is 2. The number of aliphatic carboxylic acids is 1. The van der Waals surface area contributed by atoms with Crippen LogP contribution in [0, 0.1) is 5.92 Å². The summed E-state index contributed by atoms with van der Waals surface area (Å²) in [6.07, 6.45) is -10.2. The molecule has 0 radical (unpaired) electrons. The first kappa shape index (κ1) is 14.6. The van der Waals surface area contributed by atoms with Gasteiger partial charge in [0.15, 0.2) is 12.4 Å². The molecule has 2 fully saturated rings. The van der Waals surface area contributed by atoms with Crippen LogP contribution in [0.25, 0.3) is 0 Å². The minimum absolute atomic E-state index is 0.331. The lowest BCUT2D eigenvalue weighted by Crippen LogP contribution is -2.60. The Morgan fingerprint density at radius 2 is 1.68 bits per heavy atom. The lowest BCUT2D eigenvalue weighted by atomic mass is 9.99. The summed E-state index contributed by atoms with van der Waals surface area (Å²) in [6, 6.07) is 0. The normalized spacial score (nSPS) is 49.9. The Morgan fingerprint density at radius 1 is 1.05 bits per heavy atom. The third-order valence-corrected chi connectivity index (χ3v) is 3.37. The van der Waals surface area contributed by atoms with E-state index in [1.54, 1.807) is 0 Å². The van der Waals surface area contributed by atoms with Crippen LogP contribution in [0.15, 0.2) is 0 Å². The maximum absolute atomic E-state index is 10.8. The Balaban J connectivity index is 2.02. The van der Waals surface area contributed by atoms with E-state index in [-0.39, 0.29) is 6.61 Å². The summed E-state index contributed by atoms with van der Waals surface area (Å²) in [7, 11) is 0. The fourth-order valence-electron chi connectivity index (χ4n) is 2.04. The second kappa shape index (κ2) is 5.29. The van der Waals surface area contributed by atoms with Crippen molar-refractivity contribution in [2.24, 2.45) is 5.92 Å². The molecule has 1 aliphatic heterocycles. The molecule has 0 amide bonds. The van der Waals surface area contributed by atoms with Gasteiger partial charge in [0.1, 0.15) is 18.3 Å². The predicted molar refractivity (Wildman–Crippen MR) is 55.8 cm³/mol. The largest absolute Gasteiger partial charge is 0.479 e. The van der Waals surface area contributed by atoms with Gasteiger partial charge in [-0.05, 0) is 0 Å². The third-order valence-electron chi connectivity index (χ3n) is 3.37. The van der Waals surface area contributed by atoms with Gasteiger partial charge in [-0.15, -0.1) is 0 Å². The van der Waals surface area contributed by atoms with Crippen molar-refractivity contribution < 1.29 is 44.9 Å². The molecular weight excluding hydrogens is 264 g/mol. The minimum Gasteiger partial charge on any atom is -0.479 e. The van der Waals surface area contributed by atoms with E-state index >= 15 is 0 Å². The first-order chi connectivity index (χ1) is 8.88. The zero-order valence-electron chi connectivity index (χ0n) is 9.73. The molecule has 0 aromatic carbocycles. The predicted octanol–water partition coefficient (Wildman–Crippen LogP) is -3.75. The molecule has 110 valence electrons. The first-order valence-electron chi connectivity index (χ1n) is 5.75. The average molecular weight is 280 g/mol.